The second-order valence-electron chi connectivity index (χ2n) is 4.31. The van der Waals surface area contributed by atoms with Crippen molar-refractivity contribution in [2.75, 3.05) is 11.4 Å². The molecule has 0 N–H and O–H groups in total. The summed E-state index contributed by atoms with van der Waals surface area (Å²) in [5, 5.41) is 0. The highest BCUT2D eigenvalue weighted by Crippen LogP contribution is 2.22. The van der Waals surface area contributed by atoms with Gasteiger partial charge in [-0.05, 0) is 37.3 Å². The molecule has 2 aromatic carbocycles. The first-order chi connectivity index (χ1) is 9.92. The van der Waals surface area contributed by atoms with Gasteiger partial charge < -0.3 is 4.90 Å². The summed E-state index contributed by atoms with van der Waals surface area (Å²) in [6.07, 6.45) is 0. The summed E-state index contributed by atoms with van der Waals surface area (Å²) in [4.78, 5) is 13.6. The summed E-state index contributed by atoms with van der Waals surface area (Å²) in [7, 11) is 0. The molecule has 2 rings (SSSR count). The van der Waals surface area contributed by atoms with Crippen LogP contribution in [0.3, 0.4) is 0 Å². The minimum atomic E-state index is -1.04. The fourth-order valence-electron chi connectivity index (χ4n) is 1.93. The van der Waals surface area contributed by atoms with Gasteiger partial charge in [0.2, 0.25) is 0 Å². The number of anilines is 1. The highest BCUT2D eigenvalue weighted by molar-refractivity contribution is 9.10. The molecular formula is C15H11BrF3NO. The van der Waals surface area contributed by atoms with Crippen LogP contribution in [0, 0.1) is 17.5 Å². The average molecular weight is 358 g/mol. The first kappa shape index (κ1) is 15.6. The normalized spacial score (nSPS) is 10.5. The third-order valence-electron chi connectivity index (χ3n) is 2.89. The molecule has 21 heavy (non-hydrogen) atoms. The molecule has 2 aromatic rings. The molecule has 0 spiro atoms. The predicted molar refractivity (Wildman–Crippen MR) is 77.8 cm³/mol. The lowest BCUT2D eigenvalue weighted by molar-refractivity contribution is 0.0987. The molecule has 0 heterocycles. The van der Waals surface area contributed by atoms with E-state index in [1.165, 1.54) is 23.1 Å². The van der Waals surface area contributed by atoms with Gasteiger partial charge in [-0.15, -0.1) is 0 Å². The number of nitrogens with zero attached hydrogens (tertiary/aromatic N) is 1. The Hall–Kier alpha value is -1.82. The summed E-state index contributed by atoms with van der Waals surface area (Å²) in [5.74, 6) is -3.09. The Kier molecular flexibility index (Phi) is 4.67. The van der Waals surface area contributed by atoms with Gasteiger partial charge in [-0.25, -0.2) is 13.2 Å². The van der Waals surface area contributed by atoms with Gasteiger partial charge in [0.1, 0.15) is 5.82 Å². The van der Waals surface area contributed by atoms with Crippen molar-refractivity contribution >= 4 is 27.5 Å². The molecule has 0 saturated heterocycles. The number of halogens is 4. The fraction of sp³-hybridized carbons (Fsp3) is 0.133. The molecule has 0 unspecified atom stereocenters. The van der Waals surface area contributed by atoms with Crippen molar-refractivity contribution in [1.29, 1.82) is 0 Å². The van der Waals surface area contributed by atoms with Gasteiger partial charge >= 0.3 is 0 Å². The number of carbonyl (C=O) groups excluding carboxylic acids is 1. The SMILES string of the molecule is CCN(C(=O)c1cc(F)cc(Br)c1)c1ccc(F)c(F)c1. The van der Waals surface area contributed by atoms with E-state index in [0.717, 1.165) is 18.2 Å². The van der Waals surface area contributed by atoms with Crippen molar-refractivity contribution in [2.24, 2.45) is 0 Å². The van der Waals surface area contributed by atoms with Crippen LogP contribution in [-0.4, -0.2) is 12.5 Å². The van der Waals surface area contributed by atoms with Crippen LogP contribution in [0.1, 0.15) is 17.3 Å². The zero-order chi connectivity index (χ0) is 15.6. The van der Waals surface area contributed by atoms with Crippen molar-refractivity contribution in [3.63, 3.8) is 0 Å². The van der Waals surface area contributed by atoms with Crippen molar-refractivity contribution in [3.8, 4) is 0 Å². The number of benzene rings is 2. The number of carbonyl (C=O) groups is 1. The fourth-order valence-corrected chi connectivity index (χ4v) is 2.39. The van der Waals surface area contributed by atoms with Crippen LogP contribution in [-0.2, 0) is 0 Å². The van der Waals surface area contributed by atoms with Gasteiger partial charge in [0, 0.05) is 28.3 Å². The number of hydrogen-bond donors (Lipinski definition) is 0. The Morgan fingerprint density at radius 1 is 1.10 bits per heavy atom. The van der Waals surface area contributed by atoms with Gasteiger partial charge in [0.15, 0.2) is 11.6 Å². The topological polar surface area (TPSA) is 20.3 Å². The van der Waals surface area contributed by atoms with Gasteiger partial charge in [-0.3, -0.25) is 4.79 Å². The van der Waals surface area contributed by atoms with Gasteiger partial charge in [-0.1, -0.05) is 15.9 Å². The van der Waals surface area contributed by atoms with Crippen LogP contribution >= 0.6 is 15.9 Å². The third kappa shape index (κ3) is 3.44. The largest absolute Gasteiger partial charge is 0.309 e. The van der Waals surface area contributed by atoms with E-state index in [1.54, 1.807) is 6.92 Å². The quantitative estimate of drug-likeness (QED) is 0.789. The molecule has 0 aliphatic carbocycles. The smallest absolute Gasteiger partial charge is 0.258 e. The van der Waals surface area contributed by atoms with E-state index in [4.69, 9.17) is 0 Å². The monoisotopic (exact) mass is 357 g/mol. The van der Waals surface area contributed by atoms with E-state index < -0.39 is 23.4 Å². The summed E-state index contributed by atoms with van der Waals surface area (Å²) < 4.78 is 40.0. The molecule has 0 fully saturated rings. The van der Waals surface area contributed by atoms with E-state index in [0.29, 0.717) is 4.47 Å². The van der Waals surface area contributed by atoms with Crippen LogP contribution in [0.15, 0.2) is 40.9 Å². The zero-order valence-electron chi connectivity index (χ0n) is 11.0. The molecule has 0 aliphatic rings. The molecular weight excluding hydrogens is 347 g/mol. The van der Waals surface area contributed by atoms with Crippen LogP contribution in [0.2, 0.25) is 0 Å². The minimum absolute atomic E-state index is 0.119. The lowest BCUT2D eigenvalue weighted by Gasteiger charge is -2.21. The van der Waals surface area contributed by atoms with Crippen LogP contribution in [0.5, 0.6) is 0 Å². The Balaban J connectivity index is 2.40. The maximum Gasteiger partial charge on any atom is 0.258 e. The lowest BCUT2D eigenvalue weighted by atomic mass is 10.1. The molecule has 110 valence electrons. The Bertz CT molecular complexity index is 670. The van der Waals surface area contributed by atoms with Crippen molar-refractivity contribution in [3.05, 3.63) is 63.9 Å². The second-order valence-corrected chi connectivity index (χ2v) is 5.22. The van der Waals surface area contributed by atoms with Gasteiger partial charge in [0.25, 0.3) is 5.91 Å². The predicted octanol–water partition coefficient (Wildman–Crippen LogP) is 4.53. The van der Waals surface area contributed by atoms with E-state index in [1.807, 2.05) is 0 Å². The van der Waals surface area contributed by atoms with E-state index in [-0.39, 0.29) is 17.8 Å². The van der Waals surface area contributed by atoms with E-state index in [9.17, 15) is 18.0 Å². The highest BCUT2D eigenvalue weighted by Gasteiger charge is 2.18. The van der Waals surface area contributed by atoms with Crippen LogP contribution in [0.25, 0.3) is 0 Å². The third-order valence-corrected chi connectivity index (χ3v) is 3.34. The zero-order valence-corrected chi connectivity index (χ0v) is 12.6. The van der Waals surface area contributed by atoms with Crippen LogP contribution < -0.4 is 4.90 Å². The van der Waals surface area contributed by atoms with Gasteiger partial charge in [0.05, 0.1) is 0 Å². The van der Waals surface area contributed by atoms with Crippen molar-refractivity contribution in [1.82, 2.24) is 0 Å². The maximum absolute atomic E-state index is 13.4. The molecule has 1 amide bonds. The number of amides is 1. The first-order valence-electron chi connectivity index (χ1n) is 6.15. The Morgan fingerprint density at radius 2 is 1.81 bits per heavy atom. The van der Waals surface area contributed by atoms with Crippen molar-refractivity contribution in [2.45, 2.75) is 6.92 Å². The molecule has 0 atom stereocenters. The molecule has 0 bridgehead atoms. The standard InChI is InChI=1S/C15H11BrF3NO/c1-2-20(12-3-4-13(18)14(19)8-12)15(21)9-5-10(16)7-11(17)6-9/h3-8H,2H2,1H3. The van der Waals surface area contributed by atoms with Crippen molar-refractivity contribution < 1.29 is 18.0 Å². The summed E-state index contributed by atoms with van der Waals surface area (Å²) >= 11 is 3.11. The summed E-state index contributed by atoms with van der Waals surface area (Å²) in [6.45, 7) is 1.92. The summed E-state index contributed by atoms with van der Waals surface area (Å²) in [6, 6.07) is 6.97. The van der Waals surface area contributed by atoms with E-state index in [2.05, 4.69) is 15.9 Å². The molecule has 0 radical (unpaired) electrons. The average Bonchev–Trinajstić information content (AvgIpc) is 2.42. The maximum atomic E-state index is 13.4. The highest BCUT2D eigenvalue weighted by atomic mass is 79.9. The van der Waals surface area contributed by atoms with Crippen LogP contribution in [0.4, 0.5) is 18.9 Å². The molecule has 2 nitrogen and oxygen atoms in total. The second kappa shape index (κ2) is 6.30. The molecule has 0 aromatic heterocycles. The number of rotatable bonds is 3. The first-order valence-corrected chi connectivity index (χ1v) is 6.94. The molecule has 0 saturated carbocycles. The lowest BCUT2D eigenvalue weighted by Crippen LogP contribution is -2.30. The van der Waals surface area contributed by atoms with E-state index >= 15 is 0 Å². The summed E-state index contributed by atoms with van der Waals surface area (Å²) in [5.41, 5.74) is 0.329. The molecule has 0 aliphatic heterocycles. The molecule has 6 heteroatoms. The minimum Gasteiger partial charge on any atom is -0.309 e. The van der Waals surface area contributed by atoms with Gasteiger partial charge in [-0.2, -0.15) is 0 Å². The number of hydrogen-bond acceptors (Lipinski definition) is 1. The Labute approximate surface area is 128 Å². The Morgan fingerprint density at radius 3 is 2.38 bits per heavy atom.